The summed E-state index contributed by atoms with van der Waals surface area (Å²) in [4.78, 5) is 59.8. The molecule has 75 heavy (non-hydrogen) atoms. The molecule has 1 N–H and O–H groups in total. The zero-order valence-electron chi connectivity index (χ0n) is 51.1. The molecule has 1 unspecified atom stereocenters. The Labute approximate surface area is 465 Å². The Morgan fingerprint density at radius 3 is 0.813 bits per heavy atom. The second-order valence-corrected chi connectivity index (χ2v) is 23.9. The molecule has 0 aromatic carbocycles. The summed E-state index contributed by atoms with van der Waals surface area (Å²) in [6.45, 7) is 18.8. The average molecular weight is 1060 g/mol. The normalized spacial score (nSPS) is 12.1. The summed E-state index contributed by atoms with van der Waals surface area (Å²) in [5.41, 5.74) is -0.689. The smallest absolute Gasteiger partial charge is 0.407 e. The molecule has 0 aliphatic carbocycles. The predicted octanol–water partition coefficient (Wildman–Crippen LogP) is 19.2. The molecule has 4 amide bonds. The van der Waals surface area contributed by atoms with Gasteiger partial charge in [0.05, 0.1) is 0 Å². The molecule has 0 aliphatic rings. The first kappa shape index (κ1) is 72.6. The first-order valence-electron chi connectivity index (χ1n) is 32.8. The van der Waals surface area contributed by atoms with Crippen molar-refractivity contribution in [3.05, 3.63) is 0 Å². The summed E-state index contributed by atoms with van der Waals surface area (Å²) in [6, 6.07) is 0. The summed E-state index contributed by atoms with van der Waals surface area (Å²) in [7, 11) is 0. The van der Waals surface area contributed by atoms with Gasteiger partial charge in [-0.25, -0.2) is 9.18 Å². The van der Waals surface area contributed by atoms with E-state index in [1.165, 1.54) is 172 Å². The van der Waals surface area contributed by atoms with Crippen LogP contribution in [-0.2, 0) is 14.4 Å². The van der Waals surface area contributed by atoms with Gasteiger partial charge in [0.1, 0.15) is 0 Å². The number of hydrogen-bond acceptors (Lipinski definition) is 4. The van der Waals surface area contributed by atoms with E-state index in [9.17, 15) is 24.3 Å². The lowest BCUT2D eigenvalue weighted by Crippen LogP contribution is -2.47. The van der Waals surface area contributed by atoms with Crippen molar-refractivity contribution in [1.82, 2.24) is 19.6 Å². The van der Waals surface area contributed by atoms with Crippen LogP contribution >= 0.6 is 0 Å². The maximum atomic E-state index is 15.7. The standard InChI is InChI=1S/C65H127FN4O5/c1-8-12-16-20-24-28-36-44-53-67(54-45-37-29-25-21-17-13-9-2)62(72)51-43-35-33-41-49-58-69(63(73)60(66)52-59-70(64(74)75)65(5,6)7)57-48-40-32-31-39-47-56-68(55-46-38-30-26-22-18-14-10-3)61(71)50-42-34-27-23-19-15-11-4/h60H,8-59H2,1-7H3,(H,74,75). The first-order valence-corrected chi connectivity index (χ1v) is 32.8. The number of carbonyl (C=O) groups is 4. The largest absolute Gasteiger partial charge is 0.465 e. The van der Waals surface area contributed by atoms with Gasteiger partial charge >= 0.3 is 6.09 Å². The third-order valence-corrected chi connectivity index (χ3v) is 15.7. The fraction of sp³-hybridized carbons (Fsp3) is 0.938. The van der Waals surface area contributed by atoms with Gasteiger partial charge in [0.25, 0.3) is 5.91 Å². The van der Waals surface area contributed by atoms with Crippen LogP contribution in [0, 0.1) is 0 Å². The number of alkyl halides is 1. The highest BCUT2D eigenvalue weighted by Gasteiger charge is 2.30. The third kappa shape index (κ3) is 44.2. The number of hydrogen-bond donors (Lipinski definition) is 1. The van der Waals surface area contributed by atoms with E-state index in [2.05, 4.69) is 37.5 Å². The molecule has 0 heterocycles. The number of unbranched alkanes of at least 4 members (excludes halogenated alkanes) is 36. The Balaban J connectivity index is 5.19. The van der Waals surface area contributed by atoms with E-state index < -0.39 is 23.7 Å². The SMILES string of the molecule is CCCCCCCCCCN(CCCCCCCCN(CCCCCCCC(=O)N(CCCCCCCCCC)CCCCCCCCCC)C(=O)C(F)CCN(C(=O)O)C(C)(C)C)C(=O)CCCCCCCCC. The van der Waals surface area contributed by atoms with Crippen LogP contribution in [0.25, 0.3) is 0 Å². The van der Waals surface area contributed by atoms with Crippen molar-refractivity contribution < 1.29 is 28.7 Å². The number of halogens is 1. The number of nitrogens with zero attached hydrogens (tertiary/aromatic N) is 4. The van der Waals surface area contributed by atoms with Gasteiger partial charge in [-0.05, 0) is 72.1 Å². The molecule has 0 aliphatic heterocycles. The van der Waals surface area contributed by atoms with Crippen molar-refractivity contribution in [2.45, 2.75) is 349 Å². The van der Waals surface area contributed by atoms with E-state index in [0.29, 0.717) is 37.7 Å². The molecular formula is C65H127FN4O5. The van der Waals surface area contributed by atoms with Crippen molar-refractivity contribution in [2.24, 2.45) is 0 Å². The molecule has 444 valence electrons. The van der Waals surface area contributed by atoms with Crippen LogP contribution in [0.4, 0.5) is 9.18 Å². The molecule has 0 rings (SSSR count). The van der Waals surface area contributed by atoms with Crippen molar-refractivity contribution >= 4 is 23.8 Å². The zero-order chi connectivity index (χ0) is 55.5. The Kier molecular flexibility index (Phi) is 50.6. The quantitative estimate of drug-likeness (QED) is 0.0612. The number of amides is 4. The summed E-state index contributed by atoms with van der Waals surface area (Å²) in [5.74, 6) is 0.118. The highest BCUT2D eigenvalue weighted by molar-refractivity contribution is 5.81. The van der Waals surface area contributed by atoms with Crippen LogP contribution in [0.15, 0.2) is 0 Å². The zero-order valence-corrected chi connectivity index (χ0v) is 51.1. The molecule has 10 heteroatoms. The molecule has 0 fully saturated rings. The molecule has 0 aromatic heterocycles. The number of carbonyl (C=O) groups excluding carboxylic acids is 3. The van der Waals surface area contributed by atoms with Crippen LogP contribution in [0.5, 0.6) is 0 Å². The average Bonchev–Trinajstić information content (AvgIpc) is 3.38. The second kappa shape index (κ2) is 52.3. The van der Waals surface area contributed by atoms with E-state index in [0.717, 1.165) is 129 Å². The van der Waals surface area contributed by atoms with Crippen molar-refractivity contribution in [1.29, 1.82) is 0 Å². The first-order chi connectivity index (χ1) is 36.3. The summed E-state index contributed by atoms with van der Waals surface area (Å²) < 4.78 is 15.7. The van der Waals surface area contributed by atoms with Gasteiger partial charge in [0.15, 0.2) is 6.17 Å². The van der Waals surface area contributed by atoms with E-state index in [1.54, 1.807) is 25.7 Å². The Hall–Kier alpha value is -2.39. The molecule has 0 spiro atoms. The third-order valence-electron chi connectivity index (χ3n) is 15.7. The summed E-state index contributed by atoms with van der Waals surface area (Å²) in [5, 5.41) is 9.78. The van der Waals surface area contributed by atoms with E-state index >= 15 is 4.39 Å². The molecule has 0 saturated carbocycles. The fourth-order valence-electron chi connectivity index (χ4n) is 10.6. The molecular weight excluding hydrogens is 936 g/mol. The van der Waals surface area contributed by atoms with Crippen LogP contribution < -0.4 is 0 Å². The van der Waals surface area contributed by atoms with Gasteiger partial charge in [0, 0.05) is 70.6 Å². The minimum Gasteiger partial charge on any atom is -0.465 e. The van der Waals surface area contributed by atoms with Gasteiger partial charge in [0.2, 0.25) is 11.8 Å². The van der Waals surface area contributed by atoms with E-state index in [-0.39, 0.29) is 13.0 Å². The van der Waals surface area contributed by atoms with Crippen LogP contribution in [0.1, 0.15) is 337 Å². The second-order valence-electron chi connectivity index (χ2n) is 23.9. The Morgan fingerprint density at radius 2 is 0.573 bits per heavy atom. The minimum absolute atomic E-state index is 0.0325. The topological polar surface area (TPSA) is 101 Å². The fourth-order valence-corrected chi connectivity index (χ4v) is 10.6. The van der Waals surface area contributed by atoms with Gasteiger partial charge in [-0.1, -0.05) is 246 Å². The monoisotopic (exact) mass is 1060 g/mol. The lowest BCUT2D eigenvalue weighted by atomic mass is 10.1. The lowest BCUT2D eigenvalue weighted by Gasteiger charge is -2.33. The maximum Gasteiger partial charge on any atom is 0.407 e. The van der Waals surface area contributed by atoms with Crippen molar-refractivity contribution in [2.75, 3.05) is 45.8 Å². The molecule has 0 aromatic rings. The summed E-state index contributed by atoms with van der Waals surface area (Å²) >= 11 is 0. The minimum atomic E-state index is -1.75. The summed E-state index contributed by atoms with van der Waals surface area (Å²) in [6.07, 6.45) is 47.7. The van der Waals surface area contributed by atoms with E-state index in [1.807, 2.05) is 0 Å². The Morgan fingerprint density at radius 1 is 0.347 bits per heavy atom. The molecule has 0 saturated heterocycles. The van der Waals surface area contributed by atoms with Gasteiger partial charge in [-0.2, -0.15) is 0 Å². The highest BCUT2D eigenvalue weighted by atomic mass is 19.1. The van der Waals surface area contributed by atoms with Crippen molar-refractivity contribution in [3.63, 3.8) is 0 Å². The highest BCUT2D eigenvalue weighted by Crippen LogP contribution is 2.20. The molecule has 9 nitrogen and oxygen atoms in total. The molecule has 0 bridgehead atoms. The maximum absolute atomic E-state index is 15.7. The van der Waals surface area contributed by atoms with Gasteiger partial charge < -0.3 is 24.7 Å². The van der Waals surface area contributed by atoms with Gasteiger partial charge in [-0.15, -0.1) is 0 Å². The van der Waals surface area contributed by atoms with Crippen molar-refractivity contribution in [3.8, 4) is 0 Å². The van der Waals surface area contributed by atoms with Crippen LogP contribution in [0.2, 0.25) is 0 Å². The molecule has 0 radical (unpaired) electrons. The number of carboxylic acid groups (broad SMARTS) is 1. The lowest BCUT2D eigenvalue weighted by molar-refractivity contribution is -0.137. The van der Waals surface area contributed by atoms with E-state index in [4.69, 9.17) is 0 Å². The van der Waals surface area contributed by atoms with Gasteiger partial charge in [-0.3, -0.25) is 14.4 Å². The predicted molar refractivity (Wildman–Crippen MR) is 320 cm³/mol. The van der Waals surface area contributed by atoms with Crippen LogP contribution in [-0.4, -0.2) is 106 Å². The molecule has 1 atom stereocenters. The Bertz CT molecular complexity index is 1290. The number of rotatable bonds is 56. The van der Waals surface area contributed by atoms with Crippen LogP contribution in [0.3, 0.4) is 0 Å².